The number of rotatable bonds is 2. The number of hydrogen-bond donors (Lipinski definition) is 0. The molecule has 2 aromatic carbocycles. The molecule has 0 amide bonds. The third-order valence-electron chi connectivity index (χ3n) is 2.62. The summed E-state index contributed by atoms with van der Waals surface area (Å²) in [5, 5.41) is 0. The van der Waals surface area contributed by atoms with E-state index in [9.17, 15) is 13.2 Å². The Balaban J connectivity index is 2.38. The lowest BCUT2D eigenvalue weighted by atomic mass is 10.1. The van der Waals surface area contributed by atoms with E-state index in [1.165, 1.54) is 18.2 Å². The zero-order chi connectivity index (χ0) is 14.0. The fourth-order valence-electron chi connectivity index (χ4n) is 1.91. The molecule has 0 saturated carbocycles. The van der Waals surface area contributed by atoms with Gasteiger partial charge in [0, 0.05) is 0 Å². The van der Waals surface area contributed by atoms with Crippen molar-refractivity contribution in [2.75, 3.05) is 0 Å². The first kappa shape index (κ1) is 13.5. The highest BCUT2D eigenvalue weighted by atomic mass is 19.4. The number of benzene rings is 2. The fraction of sp³-hybridized carbons (Fsp3) is 0.200. The van der Waals surface area contributed by atoms with Gasteiger partial charge in [0.1, 0.15) is 11.5 Å². The summed E-state index contributed by atoms with van der Waals surface area (Å²) in [5.74, 6) is 0.231. The molecule has 2 aromatic rings. The van der Waals surface area contributed by atoms with Crippen LogP contribution < -0.4 is 4.74 Å². The minimum Gasteiger partial charge on any atom is -0.457 e. The number of ether oxygens (including phenoxy) is 1. The summed E-state index contributed by atoms with van der Waals surface area (Å²) >= 11 is 0. The van der Waals surface area contributed by atoms with Crippen LogP contribution >= 0.6 is 0 Å². The number of hydrogen-bond acceptors (Lipinski definition) is 1. The van der Waals surface area contributed by atoms with Crippen LogP contribution in [0.4, 0.5) is 13.2 Å². The van der Waals surface area contributed by atoms with Crippen LogP contribution in [0.1, 0.15) is 16.7 Å². The van der Waals surface area contributed by atoms with E-state index in [1.807, 2.05) is 19.9 Å². The van der Waals surface area contributed by atoms with Gasteiger partial charge in [-0.2, -0.15) is 13.2 Å². The molecule has 2 rings (SSSR count). The predicted octanol–water partition coefficient (Wildman–Crippen LogP) is 5.11. The Hall–Kier alpha value is -1.97. The fourth-order valence-corrected chi connectivity index (χ4v) is 1.91. The number of para-hydroxylation sites is 1. The van der Waals surface area contributed by atoms with Crippen molar-refractivity contribution in [3.05, 3.63) is 59.2 Å². The molecule has 0 spiro atoms. The van der Waals surface area contributed by atoms with E-state index in [-0.39, 0.29) is 5.75 Å². The Morgan fingerprint density at radius 1 is 0.895 bits per heavy atom. The molecule has 1 nitrogen and oxygen atoms in total. The molecule has 0 atom stereocenters. The molecule has 0 unspecified atom stereocenters. The maximum absolute atomic E-state index is 12.8. The highest BCUT2D eigenvalue weighted by Crippen LogP contribution is 2.38. The molecular formula is C15H13F3O. The minimum atomic E-state index is -4.42. The number of halogens is 3. The van der Waals surface area contributed by atoms with Gasteiger partial charge in [0.2, 0.25) is 0 Å². The summed E-state index contributed by atoms with van der Waals surface area (Å²) in [6.45, 7) is 3.74. The van der Waals surface area contributed by atoms with Crippen LogP contribution in [0.2, 0.25) is 0 Å². The first-order chi connectivity index (χ1) is 8.86. The van der Waals surface area contributed by atoms with E-state index in [2.05, 4.69) is 0 Å². The van der Waals surface area contributed by atoms with Gasteiger partial charge in [-0.15, -0.1) is 0 Å². The molecular weight excluding hydrogens is 253 g/mol. The third kappa shape index (κ3) is 3.28. The van der Waals surface area contributed by atoms with Crippen LogP contribution in [0, 0.1) is 13.8 Å². The van der Waals surface area contributed by atoms with Crippen LogP contribution in [0.5, 0.6) is 11.5 Å². The van der Waals surface area contributed by atoms with E-state index < -0.39 is 11.7 Å². The van der Waals surface area contributed by atoms with E-state index in [4.69, 9.17) is 4.74 Å². The van der Waals surface area contributed by atoms with Crippen molar-refractivity contribution in [3.63, 3.8) is 0 Å². The lowest BCUT2D eigenvalue weighted by molar-refractivity contribution is -0.138. The maximum atomic E-state index is 12.8. The van der Waals surface area contributed by atoms with E-state index in [0.29, 0.717) is 5.75 Å². The van der Waals surface area contributed by atoms with Gasteiger partial charge in [0.15, 0.2) is 0 Å². The lowest BCUT2D eigenvalue weighted by Gasteiger charge is -2.14. The standard InChI is InChI=1S/C15H13F3O/c1-10-7-11(2)9-12(8-10)19-14-6-4-3-5-13(14)15(16,17)18/h3-9H,1-2H3. The van der Waals surface area contributed by atoms with Gasteiger partial charge in [-0.3, -0.25) is 0 Å². The molecule has 0 aromatic heterocycles. The molecule has 0 bridgehead atoms. The van der Waals surface area contributed by atoms with E-state index >= 15 is 0 Å². The van der Waals surface area contributed by atoms with Crippen LogP contribution in [-0.2, 0) is 6.18 Å². The van der Waals surface area contributed by atoms with Gasteiger partial charge in [0.25, 0.3) is 0 Å². The molecule has 0 fully saturated rings. The molecule has 0 aliphatic carbocycles. The Kier molecular flexibility index (Phi) is 3.51. The summed E-state index contributed by atoms with van der Waals surface area (Å²) in [4.78, 5) is 0. The Morgan fingerprint density at radius 3 is 2.05 bits per heavy atom. The summed E-state index contributed by atoms with van der Waals surface area (Å²) in [5.41, 5.74) is 1.12. The summed E-state index contributed by atoms with van der Waals surface area (Å²) in [7, 11) is 0. The molecule has 100 valence electrons. The molecule has 0 aliphatic rings. The van der Waals surface area contributed by atoms with E-state index in [1.54, 1.807) is 12.1 Å². The SMILES string of the molecule is Cc1cc(C)cc(Oc2ccccc2C(F)(F)F)c1. The van der Waals surface area contributed by atoms with Gasteiger partial charge in [-0.05, 0) is 49.2 Å². The van der Waals surface area contributed by atoms with Crippen molar-refractivity contribution in [3.8, 4) is 11.5 Å². The first-order valence-corrected chi connectivity index (χ1v) is 5.78. The van der Waals surface area contributed by atoms with Crippen molar-refractivity contribution in [1.82, 2.24) is 0 Å². The maximum Gasteiger partial charge on any atom is 0.419 e. The zero-order valence-corrected chi connectivity index (χ0v) is 10.6. The second-order valence-corrected chi connectivity index (χ2v) is 4.42. The quantitative estimate of drug-likeness (QED) is 0.733. The van der Waals surface area contributed by atoms with Gasteiger partial charge in [0.05, 0.1) is 5.56 Å². The van der Waals surface area contributed by atoms with Gasteiger partial charge in [-0.25, -0.2) is 0 Å². The van der Waals surface area contributed by atoms with Crippen LogP contribution in [-0.4, -0.2) is 0 Å². The van der Waals surface area contributed by atoms with Crippen LogP contribution in [0.3, 0.4) is 0 Å². The lowest BCUT2D eigenvalue weighted by Crippen LogP contribution is -2.06. The van der Waals surface area contributed by atoms with Gasteiger partial charge < -0.3 is 4.74 Å². The Bertz CT molecular complexity index is 568. The van der Waals surface area contributed by atoms with Crippen molar-refractivity contribution in [2.45, 2.75) is 20.0 Å². The molecule has 0 saturated heterocycles. The van der Waals surface area contributed by atoms with Crippen molar-refractivity contribution < 1.29 is 17.9 Å². The Morgan fingerprint density at radius 2 is 1.47 bits per heavy atom. The monoisotopic (exact) mass is 266 g/mol. The smallest absolute Gasteiger partial charge is 0.419 e. The molecule has 0 N–H and O–H groups in total. The number of aryl methyl sites for hydroxylation is 2. The summed E-state index contributed by atoms with van der Waals surface area (Å²) in [6.07, 6.45) is -4.42. The highest BCUT2D eigenvalue weighted by Gasteiger charge is 2.34. The second-order valence-electron chi connectivity index (χ2n) is 4.42. The molecule has 0 heterocycles. The Labute approximate surface area is 109 Å². The van der Waals surface area contributed by atoms with Gasteiger partial charge >= 0.3 is 6.18 Å². The first-order valence-electron chi connectivity index (χ1n) is 5.78. The average molecular weight is 266 g/mol. The molecule has 0 radical (unpaired) electrons. The average Bonchev–Trinajstić information content (AvgIpc) is 2.26. The third-order valence-corrected chi connectivity index (χ3v) is 2.62. The van der Waals surface area contributed by atoms with Crippen molar-refractivity contribution in [1.29, 1.82) is 0 Å². The van der Waals surface area contributed by atoms with Crippen molar-refractivity contribution >= 4 is 0 Å². The normalized spacial score (nSPS) is 11.4. The van der Waals surface area contributed by atoms with Crippen LogP contribution in [0.25, 0.3) is 0 Å². The zero-order valence-electron chi connectivity index (χ0n) is 10.6. The van der Waals surface area contributed by atoms with Gasteiger partial charge in [-0.1, -0.05) is 18.2 Å². The molecule has 4 heteroatoms. The van der Waals surface area contributed by atoms with Crippen LogP contribution in [0.15, 0.2) is 42.5 Å². The largest absolute Gasteiger partial charge is 0.457 e. The predicted molar refractivity (Wildman–Crippen MR) is 67.4 cm³/mol. The topological polar surface area (TPSA) is 9.23 Å². The summed E-state index contributed by atoms with van der Waals surface area (Å²) in [6, 6.07) is 10.5. The second kappa shape index (κ2) is 4.96. The number of alkyl halides is 3. The van der Waals surface area contributed by atoms with Crippen molar-refractivity contribution in [2.24, 2.45) is 0 Å². The minimum absolute atomic E-state index is 0.181. The molecule has 19 heavy (non-hydrogen) atoms. The summed E-state index contributed by atoms with van der Waals surface area (Å²) < 4.78 is 43.9. The molecule has 0 aliphatic heterocycles. The highest BCUT2D eigenvalue weighted by molar-refractivity contribution is 5.41. The van der Waals surface area contributed by atoms with E-state index in [0.717, 1.165) is 17.2 Å².